The molecule has 0 unspecified atom stereocenters. The minimum Gasteiger partial charge on any atom is -0.444 e. The number of nitrogens with zero attached hydrogens (tertiary/aromatic N) is 3. The number of aromatic nitrogens is 4. The minimum atomic E-state index is -0.368. The summed E-state index contributed by atoms with van der Waals surface area (Å²) in [5, 5.41) is 3.00. The van der Waals surface area contributed by atoms with Crippen LogP contribution in [-0.4, -0.2) is 25.8 Å². The molecule has 4 rings (SSSR count). The van der Waals surface area contributed by atoms with E-state index >= 15 is 0 Å². The van der Waals surface area contributed by atoms with E-state index in [2.05, 4.69) is 25.3 Å². The molecule has 0 bridgehead atoms. The minimum absolute atomic E-state index is 0.190. The van der Waals surface area contributed by atoms with Crippen LogP contribution in [0.5, 0.6) is 0 Å². The quantitative estimate of drug-likeness (QED) is 0.576. The number of carbonyl (C=O) groups is 1. The molecule has 3 aromatic heterocycles. The van der Waals surface area contributed by atoms with Gasteiger partial charge in [-0.15, -0.1) is 0 Å². The highest BCUT2D eigenvalue weighted by Gasteiger charge is 2.11. The van der Waals surface area contributed by atoms with E-state index < -0.39 is 0 Å². The first kappa shape index (κ1) is 16.6. The van der Waals surface area contributed by atoms with Gasteiger partial charge in [-0.2, -0.15) is 0 Å². The molecule has 27 heavy (non-hydrogen) atoms. The van der Waals surface area contributed by atoms with Crippen LogP contribution in [0.3, 0.4) is 0 Å². The Bertz CT molecular complexity index is 1180. The summed E-state index contributed by atoms with van der Waals surface area (Å²) >= 11 is 0. The molecule has 0 aliphatic rings. The Balaban J connectivity index is 1.47. The third-order valence-corrected chi connectivity index (χ3v) is 4.04. The fourth-order valence-electron chi connectivity index (χ4n) is 2.57. The van der Waals surface area contributed by atoms with Gasteiger partial charge in [-0.3, -0.25) is 9.59 Å². The van der Waals surface area contributed by atoms with E-state index in [9.17, 15) is 9.59 Å². The lowest BCUT2D eigenvalue weighted by Gasteiger charge is -2.03. The molecule has 0 spiro atoms. The zero-order valence-electron chi connectivity index (χ0n) is 14.4. The van der Waals surface area contributed by atoms with Crippen LogP contribution in [-0.2, 0) is 6.54 Å². The van der Waals surface area contributed by atoms with Crippen molar-refractivity contribution in [3.63, 3.8) is 0 Å². The van der Waals surface area contributed by atoms with Gasteiger partial charge >= 0.3 is 0 Å². The first-order chi connectivity index (χ1) is 13.1. The Morgan fingerprint density at radius 1 is 1.22 bits per heavy atom. The summed E-state index contributed by atoms with van der Waals surface area (Å²) in [4.78, 5) is 39.0. The molecule has 2 N–H and O–H groups in total. The normalized spacial score (nSPS) is 10.9. The molecular formula is C19H15N5O3. The zero-order valence-corrected chi connectivity index (χ0v) is 14.4. The lowest BCUT2D eigenvalue weighted by atomic mass is 10.1. The van der Waals surface area contributed by atoms with E-state index in [1.165, 1.54) is 24.9 Å². The van der Waals surface area contributed by atoms with Crippen molar-refractivity contribution in [1.29, 1.82) is 0 Å². The molecular weight excluding hydrogens is 346 g/mol. The number of hydrogen-bond donors (Lipinski definition) is 2. The van der Waals surface area contributed by atoms with Crippen molar-refractivity contribution in [2.24, 2.45) is 0 Å². The number of oxazole rings is 1. The maximum absolute atomic E-state index is 12.3. The third-order valence-electron chi connectivity index (χ3n) is 4.04. The Labute approximate surface area is 153 Å². The molecule has 1 aromatic carbocycles. The molecule has 1 amide bonds. The summed E-state index contributed by atoms with van der Waals surface area (Å²) in [7, 11) is 0. The number of fused-ring (bicyclic) bond motifs is 1. The van der Waals surface area contributed by atoms with E-state index in [0.29, 0.717) is 11.6 Å². The number of amides is 1. The predicted octanol–water partition coefficient (Wildman–Crippen LogP) is 2.21. The highest BCUT2D eigenvalue weighted by molar-refractivity contribution is 5.96. The van der Waals surface area contributed by atoms with E-state index in [4.69, 9.17) is 4.42 Å². The lowest BCUT2D eigenvalue weighted by Crippen LogP contribution is -2.23. The van der Waals surface area contributed by atoms with Crippen molar-refractivity contribution >= 4 is 16.9 Å². The number of pyridine rings is 1. The SMILES string of the molecule is Cc1ccc(-c2nc(CNC(=O)c3cnc4nc[nH]c(=O)c4c3)co2)cc1. The first-order valence-electron chi connectivity index (χ1n) is 8.23. The summed E-state index contributed by atoms with van der Waals surface area (Å²) in [6.07, 6.45) is 4.15. The number of aromatic amines is 1. The van der Waals surface area contributed by atoms with Gasteiger partial charge in [0.1, 0.15) is 6.26 Å². The molecule has 0 aliphatic carbocycles. The highest BCUT2D eigenvalue weighted by Crippen LogP contribution is 2.19. The summed E-state index contributed by atoms with van der Waals surface area (Å²) in [5.74, 6) is 0.122. The van der Waals surface area contributed by atoms with Gasteiger partial charge in [0, 0.05) is 11.8 Å². The van der Waals surface area contributed by atoms with Crippen LogP contribution in [0.4, 0.5) is 0 Å². The smallest absolute Gasteiger partial charge is 0.260 e. The maximum Gasteiger partial charge on any atom is 0.260 e. The largest absolute Gasteiger partial charge is 0.444 e. The Kier molecular flexibility index (Phi) is 4.21. The first-order valence-corrected chi connectivity index (χ1v) is 8.23. The molecule has 0 saturated heterocycles. The second-order valence-electron chi connectivity index (χ2n) is 6.02. The molecule has 8 heteroatoms. The number of hydrogen-bond acceptors (Lipinski definition) is 6. The van der Waals surface area contributed by atoms with Gasteiger partial charge in [-0.1, -0.05) is 17.7 Å². The van der Waals surface area contributed by atoms with Crippen LogP contribution in [0.2, 0.25) is 0 Å². The van der Waals surface area contributed by atoms with Crippen molar-refractivity contribution < 1.29 is 9.21 Å². The van der Waals surface area contributed by atoms with Crippen molar-refractivity contribution in [1.82, 2.24) is 25.3 Å². The van der Waals surface area contributed by atoms with Crippen molar-refractivity contribution in [3.8, 4) is 11.5 Å². The number of H-pyrrole nitrogens is 1. The number of nitrogens with one attached hydrogen (secondary N) is 2. The Morgan fingerprint density at radius 3 is 2.85 bits per heavy atom. The maximum atomic E-state index is 12.3. The number of carbonyl (C=O) groups excluding carboxylic acids is 1. The van der Waals surface area contributed by atoms with E-state index in [0.717, 1.165) is 11.1 Å². The van der Waals surface area contributed by atoms with Gasteiger partial charge in [0.25, 0.3) is 11.5 Å². The Hall–Kier alpha value is -3.81. The third kappa shape index (κ3) is 3.45. The average Bonchev–Trinajstić information content (AvgIpc) is 3.16. The molecule has 4 aromatic rings. The topological polar surface area (TPSA) is 114 Å². The second kappa shape index (κ2) is 6.83. The van der Waals surface area contributed by atoms with Gasteiger partial charge in [-0.05, 0) is 25.1 Å². The summed E-state index contributed by atoms with van der Waals surface area (Å²) in [6.45, 7) is 2.20. The molecule has 0 aliphatic heterocycles. The van der Waals surface area contributed by atoms with E-state index in [1.807, 2.05) is 31.2 Å². The summed E-state index contributed by atoms with van der Waals surface area (Å²) in [6, 6.07) is 9.27. The van der Waals surface area contributed by atoms with Crippen LogP contribution in [0, 0.1) is 6.92 Å². The van der Waals surface area contributed by atoms with Gasteiger partial charge < -0.3 is 14.7 Å². The molecule has 0 saturated carbocycles. The van der Waals surface area contributed by atoms with Crippen LogP contribution < -0.4 is 10.9 Å². The second-order valence-corrected chi connectivity index (χ2v) is 6.02. The number of aryl methyl sites for hydroxylation is 1. The van der Waals surface area contributed by atoms with Crippen molar-refractivity contribution in [3.05, 3.63) is 76.3 Å². The molecule has 134 valence electrons. The molecule has 0 atom stereocenters. The van der Waals surface area contributed by atoms with Crippen LogP contribution in [0.1, 0.15) is 21.6 Å². The molecule has 8 nitrogen and oxygen atoms in total. The van der Waals surface area contributed by atoms with Crippen LogP contribution in [0.25, 0.3) is 22.5 Å². The number of rotatable bonds is 4. The molecule has 0 fully saturated rings. The van der Waals surface area contributed by atoms with Gasteiger partial charge in [0.15, 0.2) is 5.65 Å². The fraction of sp³-hybridized carbons (Fsp3) is 0.105. The van der Waals surface area contributed by atoms with Crippen LogP contribution in [0.15, 0.2) is 58.3 Å². The lowest BCUT2D eigenvalue weighted by molar-refractivity contribution is 0.0950. The summed E-state index contributed by atoms with van der Waals surface area (Å²) < 4.78 is 5.47. The van der Waals surface area contributed by atoms with Gasteiger partial charge in [0.2, 0.25) is 5.89 Å². The highest BCUT2D eigenvalue weighted by atomic mass is 16.3. The van der Waals surface area contributed by atoms with Crippen molar-refractivity contribution in [2.75, 3.05) is 0 Å². The van der Waals surface area contributed by atoms with E-state index in [-0.39, 0.29) is 34.6 Å². The molecule has 0 radical (unpaired) electrons. The van der Waals surface area contributed by atoms with Gasteiger partial charge in [-0.25, -0.2) is 15.0 Å². The monoisotopic (exact) mass is 361 g/mol. The van der Waals surface area contributed by atoms with E-state index in [1.54, 1.807) is 0 Å². The van der Waals surface area contributed by atoms with Gasteiger partial charge in [0.05, 0.1) is 29.5 Å². The van der Waals surface area contributed by atoms with Crippen molar-refractivity contribution in [2.45, 2.75) is 13.5 Å². The molecule has 3 heterocycles. The van der Waals surface area contributed by atoms with Crippen LogP contribution >= 0.6 is 0 Å². The Morgan fingerprint density at radius 2 is 2.04 bits per heavy atom. The predicted molar refractivity (Wildman–Crippen MR) is 98.0 cm³/mol. The summed E-state index contributed by atoms with van der Waals surface area (Å²) in [5.41, 5.74) is 2.81. The number of benzene rings is 1. The zero-order chi connectivity index (χ0) is 18.8. The fourth-order valence-corrected chi connectivity index (χ4v) is 2.57. The average molecular weight is 361 g/mol. The standard InChI is InChI=1S/C19H15N5O3/c1-11-2-4-12(5-3-11)19-24-14(9-27-19)8-21-17(25)13-6-15-16(20-7-13)22-10-23-18(15)26/h2-7,9-10H,8H2,1H3,(H,21,25)(H,20,22,23,26).